The number of hydrogen-bond donors (Lipinski definition) is 2. The van der Waals surface area contributed by atoms with Crippen LogP contribution < -0.4 is 5.32 Å². The van der Waals surface area contributed by atoms with Crippen molar-refractivity contribution in [2.45, 2.75) is 25.9 Å². The van der Waals surface area contributed by atoms with Crippen molar-refractivity contribution in [1.82, 2.24) is 10.2 Å². The maximum atomic E-state index is 9.24. The molecular formula is C16H26N2O. The molecule has 3 nitrogen and oxygen atoms in total. The van der Waals surface area contributed by atoms with Gasteiger partial charge in [-0.3, -0.25) is 4.90 Å². The first-order chi connectivity index (χ1) is 9.19. The van der Waals surface area contributed by atoms with Crippen molar-refractivity contribution in [3.05, 3.63) is 48.6 Å². The maximum absolute atomic E-state index is 9.24. The fourth-order valence-corrected chi connectivity index (χ4v) is 2.15. The number of nitrogens with one attached hydrogen (secondary N) is 1. The van der Waals surface area contributed by atoms with Crippen LogP contribution in [0, 0.1) is 0 Å². The van der Waals surface area contributed by atoms with Crippen LogP contribution in [-0.4, -0.2) is 42.3 Å². The summed E-state index contributed by atoms with van der Waals surface area (Å²) in [5, 5.41) is 12.7. The van der Waals surface area contributed by atoms with Crippen LogP contribution in [-0.2, 0) is 0 Å². The van der Waals surface area contributed by atoms with Crippen LogP contribution in [0.4, 0.5) is 0 Å². The summed E-state index contributed by atoms with van der Waals surface area (Å²) in [5.41, 5.74) is 1.27. The lowest BCUT2D eigenvalue weighted by Crippen LogP contribution is -2.39. The van der Waals surface area contributed by atoms with Gasteiger partial charge in [-0.25, -0.2) is 0 Å². The molecule has 0 bridgehead atoms. The van der Waals surface area contributed by atoms with Gasteiger partial charge in [0.1, 0.15) is 0 Å². The van der Waals surface area contributed by atoms with E-state index < -0.39 is 0 Å². The second kappa shape index (κ2) is 8.86. The van der Waals surface area contributed by atoms with Crippen LogP contribution in [0.3, 0.4) is 0 Å². The van der Waals surface area contributed by atoms with Gasteiger partial charge < -0.3 is 10.4 Å². The molecule has 0 saturated heterocycles. The predicted octanol–water partition coefficient (Wildman–Crippen LogP) is 2.21. The highest BCUT2D eigenvalue weighted by atomic mass is 16.3. The third-order valence-electron chi connectivity index (χ3n) is 3.10. The zero-order chi connectivity index (χ0) is 14.1. The standard InChI is InChI=1S/C16H26N2O/c1-4-10-18(11-12-19)16(13-17-14(2)3)15-8-6-5-7-9-15/h4-9,14,16-17,19H,1,10-13H2,2-3H3. The molecule has 0 aliphatic rings. The fourth-order valence-electron chi connectivity index (χ4n) is 2.15. The van der Waals surface area contributed by atoms with E-state index in [4.69, 9.17) is 0 Å². The van der Waals surface area contributed by atoms with Gasteiger partial charge in [-0.1, -0.05) is 50.3 Å². The van der Waals surface area contributed by atoms with Crippen molar-refractivity contribution in [1.29, 1.82) is 0 Å². The largest absolute Gasteiger partial charge is 0.395 e. The fraction of sp³-hybridized carbons (Fsp3) is 0.500. The first kappa shape index (κ1) is 15.9. The Hall–Kier alpha value is -1.16. The molecule has 0 heterocycles. The summed E-state index contributed by atoms with van der Waals surface area (Å²) in [6.07, 6.45) is 1.89. The third-order valence-corrected chi connectivity index (χ3v) is 3.10. The van der Waals surface area contributed by atoms with Crippen molar-refractivity contribution < 1.29 is 5.11 Å². The first-order valence-corrected chi connectivity index (χ1v) is 6.93. The van der Waals surface area contributed by atoms with E-state index in [2.05, 4.69) is 54.9 Å². The summed E-state index contributed by atoms with van der Waals surface area (Å²) in [4.78, 5) is 2.25. The molecule has 1 rings (SSSR count). The molecule has 1 unspecified atom stereocenters. The molecule has 1 aromatic rings. The lowest BCUT2D eigenvalue weighted by molar-refractivity contribution is 0.160. The van der Waals surface area contributed by atoms with Crippen molar-refractivity contribution in [2.24, 2.45) is 0 Å². The Morgan fingerprint density at radius 3 is 2.53 bits per heavy atom. The van der Waals surface area contributed by atoms with Gasteiger partial charge in [-0.05, 0) is 5.56 Å². The van der Waals surface area contributed by atoms with Crippen molar-refractivity contribution >= 4 is 0 Å². The summed E-state index contributed by atoms with van der Waals surface area (Å²) < 4.78 is 0. The lowest BCUT2D eigenvalue weighted by atomic mass is 10.0. The Morgan fingerprint density at radius 1 is 1.32 bits per heavy atom. The van der Waals surface area contributed by atoms with Gasteiger partial charge in [0.2, 0.25) is 0 Å². The molecule has 0 fully saturated rings. The molecular weight excluding hydrogens is 236 g/mol. The third kappa shape index (κ3) is 5.55. The van der Waals surface area contributed by atoms with Gasteiger partial charge >= 0.3 is 0 Å². The highest BCUT2D eigenvalue weighted by Gasteiger charge is 2.18. The molecule has 1 atom stereocenters. The highest BCUT2D eigenvalue weighted by molar-refractivity contribution is 5.19. The molecule has 0 saturated carbocycles. The van der Waals surface area contributed by atoms with E-state index in [0.717, 1.165) is 13.1 Å². The Labute approximate surface area is 116 Å². The summed E-state index contributed by atoms with van der Waals surface area (Å²) in [7, 11) is 0. The number of hydrogen-bond acceptors (Lipinski definition) is 3. The van der Waals surface area contributed by atoms with Gasteiger partial charge in [0, 0.05) is 31.7 Å². The van der Waals surface area contributed by atoms with Crippen LogP contribution >= 0.6 is 0 Å². The number of benzene rings is 1. The molecule has 0 spiro atoms. The Morgan fingerprint density at radius 2 is 2.00 bits per heavy atom. The zero-order valence-corrected chi connectivity index (χ0v) is 12.0. The second-order valence-corrected chi connectivity index (χ2v) is 5.00. The number of nitrogens with zero attached hydrogens (tertiary/aromatic N) is 1. The molecule has 0 aliphatic heterocycles. The minimum atomic E-state index is 0.166. The average Bonchev–Trinajstić information content (AvgIpc) is 2.40. The average molecular weight is 262 g/mol. The summed E-state index contributed by atoms with van der Waals surface area (Å²) >= 11 is 0. The molecule has 3 heteroatoms. The zero-order valence-electron chi connectivity index (χ0n) is 12.0. The minimum absolute atomic E-state index is 0.166. The van der Waals surface area contributed by atoms with E-state index in [1.165, 1.54) is 5.56 Å². The quantitative estimate of drug-likeness (QED) is 0.670. The van der Waals surface area contributed by atoms with E-state index in [0.29, 0.717) is 12.6 Å². The summed E-state index contributed by atoms with van der Waals surface area (Å²) in [5.74, 6) is 0. The minimum Gasteiger partial charge on any atom is -0.395 e. The summed E-state index contributed by atoms with van der Waals surface area (Å²) in [6, 6.07) is 11.1. The van der Waals surface area contributed by atoms with Crippen LogP contribution in [0.1, 0.15) is 25.5 Å². The van der Waals surface area contributed by atoms with Crippen LogP contribution in [0.2, 0.25) is 0 Å². The molecule has 0 amide bonds. The number of rotatable bonds is 9. The molecule has 106 valence electrons. The van der Waals surface area contributed by atoms with Crippen molar-refractivity contribution in [3.8, 4) is 0 Å². The number of aliphatic hydroxyl groups excluding tert-OH is 1. The van der Waals surface area contributed by atoms with Crippen molar-refractivity contribution in [2.75, 3.05) is 26.2 Å². The van der Waals surface area contributed by atoms with E-state index in [1.807, 2.05) is 12.1 Å². The molecule has 0 aliphatic carbocycles. The van der Waals surface area contributed by atoms with Gasteiger partial charge in [-0.2, -0.15) is 0 Å². The topological polar surface area (TPSA) is 35.5 Å². The molecule has 2 N–H and O–H groups in total. The van der Waals surface area contributed by atoms with Gasteiger partial charge in [-0.15, -0.1) is 6.58 Å². The molecule has 1 aromatic carbocycles. The van der Waals surface area contributed by atoms with Crippen LogP contribution in [0.15, 0.2) is 43.0 Å². The van der Waals surface area contributed by atoms with Gasteiger partial charge in [0.15, 0.2) is 0 Å². The van der Waals surface area contributed by atoms with E-state index in [-0.39, 0.29) is 12.6 Å². The normalized spacial score (nSPS) is 12.9. The number of aliphatic hydroxyl groups is 1. The molecule has 19 heavy (non-hydrogen) atoms. The van der Waals surface area contributed by atoms with Gasteiger partial charge in [0.05, 0.1) is 6.61 Å². The Bertz CT molecular complexity index is 351. The first-order valence-electron chi connectivity index (χ1n) is 6.93. The molecule has 0 radical (unpaired) electrons. The second-order valence-electron chi connectivity index (χ2n) is 5.00. The van der Waals surface area contributed by atoms with Gasteiger partial charge in [0.25, 0.3) is 0 Å². The smallest absolute Gasteiger partial charge is 0.0558 e. The van der Waals surface area contributed by atoms with Crippen LogP contribution in [0.5, 0.6) is 0 Å². The monoisotopic (exact) mass is 262 g/mol. The highest BCUT2D eigenvalue weighted by Crippen LogP contribution is 2.19. The van der Waals surface area contributed by atoms with Crippen molar-refractivity contribution in [3.63, 3.8) is 0 Å². The Balaban J connectivity index is 2.85. The Kier molecular flexibility index (Phi) is 7.41. The van der Waals surface area contributed by atoms with Crippen LogP contribution in [0.25, 0.3) is 0 Å². The van der Waals surface area contributed by atoms with E-state index in [9.17, 15) is 5.11 Å². The maximum Gasteiger partial charge on any atom is 0.0558 e. The predicted molar refractivity (Wildman–Crippen MR) is 81.2 cm³/mol. The molecule has 0 aromatic heterocycles. The summed E-state index contributed by atoms with van der Waals surface area (Å²) in [6.45, 7) is 10.6. The van der Waals surface area contributed by atoms with E-state index >= 15 is 0 Å². The van der Waals surface area contributed by atoms with E-state index in [1.54, 1.807) is 0 Å². The lowest BCUT2D eigenvalue weighted by Gasteiger charge is -2.31. The SMILES string of the molecule is C=CCN(CCO)C(CNC(C)C)c1ccccc1.